The van der Waals surface area contributed by atoms with E-state index in [9.17, 15) is 5.11 Å². The van der Waals surface area contributed by atoms with E-state index >= 15 is 0 Å². The van der Waals surface area contributed by atoms with Crippen LogP contribution in [0.5, 0.6) is 0 Å². The molecule has 0 spiro atoms. The van der Waals surface area contributed by atoms with Gasteiger partial charge >= 0.3 is 0 Å². The first-order valence-corrected chi connectivity index (χ1v) is 4.65. The molecular weight excluding hydrogens is 192 g/mol. The summed E-state index contributed by atoms with van der Waals surface area (Å²) in [7, 11) is 1.75. The van der Waals surface area contributed by atoms with Gasteiger partial charge in [-0.2, -0.15) is 0 Å². The summed E-state index contributed by atoms with van der Waals surface area (Å²) in [6.07, 6.45) is 1.73. The Labute approximate surface area is 87.4 Å². The van der Waals surface area contributed by atoms with E-state index in [0.717, 1.165) is 11.3 Å². The number of aliphatic hydroxyl groups is 1. The molecule has 2 aromatic rings. The maximum absolute atomic E-state index is 9.18. The Balaban J connectivity index is 2.49. The fourth-order valence-electron chi connectivity index (χ4n) is 1.39. The van der Waals surface area contributed by atoms with Crippen LogP contribution in [0.1, 0.15) is 11.4 Å². The van der Waals surface area contributed by atoms with E-state index in [4.69, 9.17) is 0 Å². The molecule has 5 heteroatoms. The molecule has 5 nitrogen and oxygen atoms in total. The highest BCUT2D eigenvalue weighted by atomic mass is 16.3. The minimum Gasteiger partial charge on any atom is -0.390 e. The number of aromatic nitrogens is 4. The van der Waals surface area contributed by atoms with Crippen molar-refractivity contribution in [1.82, 2.24) is 20.0 Å². The number of hydrogen-bond acceptors (Lipinski definition) is 4. The highest BCUT2D eigenvalue weighted by molar-refractivity contribution is 5.60. The smallest absolute Gasteiger partial charge is 0.120 e. The van der Waals surface area contributed by atoms with Crippen LogP contribution in [-0.2, 0) is 13.7 Å². The molecule has 0 unspecified atom stereocenters. The van der Waals surface area contributed by atoms with E-state index < -0.39 is 0 Å². The number of aryl methyl sites for hydroxylation is 2. The van der Waals surface area contributed by atoms with Crippen LogP contribution in [0.25, 0.3) is 11.3 Å². The van der Waals surface area contributed by atoms with Crippen LogP contribution < -0.4 is 0 Å². The predicted molar refractivity (Wildman–Crippen MR) is 54.9 cm³/mol. The van der Waals surface area contributed by atoms with Crippen LogP contribution in [0.3, 0.4) is 0 Å². The summed E-state index contributed by atoms with van der Waals surface area (Å²) in [6, 6.07) is 3.83. The molecule has 0 aliphatic carbocycles. The molecule has 78 valence electrons. The third-order valence-corrected chi connectivity index (χ3v) is 2.28. The molecule has 0 aliphatic heterocycles. The van der Waals surface area contributed by atoms with Gasteiger partial charge in [0, 0.05) is 24.5 Å². The van der Waals surface area contributed by atoms with Crippen molar-refractivity contribution in [2.45, 2.75) is 13.5 Å². The fourth-order valence-corrected chi connectivity index (χ4v) is 1.39. The molecule has 0 saturated heterocycles. The lowest BCUT2D eigenvalue weighted by molar-refractivity contribution is 0.271. The van der Waals surface area contributed by atoms with Crippen LogP contribution >= 0.6 is 0 Å². The van der Waals surface area contributed by atoms with Gasteiger partial charge in [0.1, 0.15) is 5.69 Å². The van der Waals surface area contributed by atoms with E-state index in [1.54, 1.807) is 17.9 Å². The van der Waals surface area contributed by atoms with Gasteiger partial charge in [0.15, 0.2) is 0 Å². The Morgan fingerprint density at radius 1 is 1.40 bits per heavy atom. The Morgan fingerprint density at radius 2 is 2.20 bits per heavy atom. The van der Waals surface area contributed by atoms with Crippen molar-refractivity contribution in [1.29, 1.82) is 0 Å². The quantitative estimate of drug-likeness (QED) is 0.781. The molecule has 0 bridgehead atoms. The largest absolute Gasteiger partial charge is 0.390 e. The zero-order chi connectivity index (χ0) is 10.8. The van der Waals surface area contributed by atoms with Crippen molar-refractivity contribution in [2.24, 2.45) is 7.05 Å². The molecule has 0 radical (unpaired) electrons. The topological polar surface area (TPSA) is 63.8 Å². The Morgan fingerprint density at radius 3 is 2.80 bits per heavy atom. The van der Waals surface area contributed by atoms with Crippen molar-refractivity contribution < 1.29 is 5.11 Å². The summed E-state index contributed by atoms with van der Waals surface area (Å²) < 4.78 is 1.56. The van der Waals surface area contributed by atoms with Crippen LogP contribution in [0, 0.1) is 6.92 Å². The number of nitrogens with zero attached hydrogens (tertiary/aromatic N) is 4. The van der Waals surface area contributed by atoms with Crippen LogP contribution in [0.2, 0.25) is 0 Å². The van der Waals surface area contributed by atoms with Gasteiger partial charge in [0.25, 0.3) is 0 Å². The zero-order valence-electron chi connectivity index (χ0n) is 8.68. The highest BCUT2D eigenvalue weighted by Gasteiger charge is 2.11. The molecule has 0 atom stereocenters. The van der Waals surface area contributed by atoms with Gasteiger partial charge in [-0.3, -0.25) is 4.98 Å². The average Bonchev–Trinajstić information content (AvgIpc) is 2.61. The minimum absolute atomic E-state index is 0.0767. The first-order chi connectivity index (χ1) is 7.22. The molecular formula is C10H12N4O. The van der Waals surface area contributed by atoms with Crippen LogP contribution in [0.15, 0.2) is 18.3 Å². The van der Waals surface area contributed by atoms with Gasteiger partial charge < -0.3 is 5.11 Å². The predicted octanol–water partition coefficient (Wildman–Crippen LogP) is 0.678. The molecule has 2 rings (SSSR count). The van der Waals surface area contributed by atoms with Crippen molar-refractivity contribution in [3.8, 4) is 11.3 Å². The van der Waals surface area contributed by atoms with E-state index in [-0.39, 0.29) is 6.61 Å². The summed E-state index contributed by atoms with van der Waals surface area (Å²) in [5, 5.41) is 17.0. The number of pyridine rings is 1. The summed E-state index contributed by atoms with van der Waals surface area (Å²) in [4.78, 5) is 4.18. The number of rotatable bonds is 2. The standard InChI is InChI=1S/C10H12N4O/c1-7-3-4-8(5-11-7)10-9(6-15)14(2)13-12-10/h3-5,15H,6H2,1-2H3. The normalized spacial score (nSPS) is 10.6. The van der Waals surface area contributed by atoms with Crippen molar-refractivity contribution in [2.75, 3.05) is 0 Å². The Kier molecular flexibility index (Phi) is 2.47. The maximum Gasteiger partial charge on any atom is 0.120 e. The van der Waals surface area contributed by atoms with Gasteiger partial charge in [0.2, 0.25) is 0 Å². The third-order valence-electron chi connectivity index (χ3n) is 2.28. The van der Waals surface area contributed by atoms with Gasteiger partial charge in [-0.25, -0.2) is 4.68 Å². The maximum atomic E-state index is 9.18. The summed E-state index contributed by atoms with van der Waals surface area (Å²) in [5.74, 6) is 0. The molecule has 0 saturated carbocycles. The lowest BCUT2D eigenvalue weighted by atomic mass is 10.1. The van der Waals surface area contributed by atoms with Crippen molar-refractivity contribution in [3.63, 3.8) is 0 Å². The SMILES string of the molecule is Cc1ccc(-c2nnn(C)c2CO)cn1. The van der Waals surface area contributed by atoms with E-state index in [1.165, 1.54) is 0 Å². The van der Waals surface area contributed by atoms with E-state index in [2.05, 4.69) is 15.3 Å². The Hall–Kier alpha value is -1.75. The first kappa shape index (κ1) is 9.79. The highest BCUT2D eigenvalue weighted by Crippen LogP contribution is 2.19. The fraction of sp³-hybridized carbons (Fsp3) is 0.300. The first-order valence-electron chi connectivity index (χ1n) is 4.65. The molecule has 2 aromatic heterocycles. The van der Waals surface area contributed by atoms with Gasteiger partial charge in [-0.05, 0) is 19.1 Å². The summed E-state index contributed by atoms with van der Waals surface area (Å²) in [6.45, 7) is 1.85. The number of hydrogen-bond donors (Lipinski definition) is 1. The zero-order valence-corrected chi connectivity index (χ0v) is 8.68. The molecule has 1 N–H and O–H groups in total. The van der Waals surface area contributed by atoms with Crippen LogP contribution in [-0.4, -0.2) is 25.1 Å². The monoisotopic (exact) mass is 204 g/mol. The lowest BCUT2D eigenvalue weighted by Crippen LogP contribution is -1.98. The lowest BCUT2D eigenvalue weighted by Gasteiger charge is -2.00. The van der Waals surface area contributed by atoms with Gasteiger partial charge in [0.05, 0.1) is 12.3 Å². The Bertz CT molecular complexity index is 461. The summed E-state index contributed by atoms with van der Waals surface area (Å²) >= 11 is 0. The summed E-state index contributed by atoms with van der Waals surface area (Å²) in [5.41, 5.74) is 3.21. The van der Waals surface area contributed by atoms with Gasteiger partial charge in [-0.1, -0.05) is 5.21 Å². The minimum atomic E-state index is -0.0767. The third kappa shape index (κ3) is 1.73. The van der Waals surface area contributed by atoms with Crippen LogP contribution in [0.4, 0.5) is 0 Å². The van der Waals surface area contributed by atoms with Crippen molar-refractivity contribution in [3.05, 3.63) is 29.7 Å². The van der Waals surface area contributed by atoms with Crippen molar-refractivity contribution >= 4 is 0 Å². The second kappa shape index (κ2) is 3.78. The molecule has 0 amide bonds. The average molecular weight is 204 g/mol. The number of aliphatic hydroxyl groups excluding tert-OH is 1. The van der Waals surface area contributed by atoms with Gasteiger partial charge in [-0.15, -0.1) is 5.10 Å². The molecule has 2 heterocycles. The van der Waals surface area contributed by atoms with E-state index in [1.807, 2.05) is 19.1 Å². The molecule has 0 aliphatic rings. The molecule has 15 heavy (non-hydrogen) atoms. The molecule has 0 fully saturated rings. The molecule has 0 aromatic carbocycles. The second-order valence-corrected chi connectivity index (χ2v) is 3.35. The second-order valence-electron chi connectivity index (χ2n) is 3.35. The van der Waals surface area contributed by atoms with E-state index in [0.29, 0.717) is 11.4 Å².